The molecule has 5 rings (SSSR count). The second-order valence-electron chi connectivity index (χ2n) is 9.56. The van der Waals surface area contributed by atoms with Gasteiger partial charge in [-0.3, -0.25) is 9.59 Å². The van der Waals surface area contributed by atoms with Crippen molar-refractivity contribution in [1.29, 1.82) is 0 Å². The van der Waals surface area contributed by atoms with Crippen LogP contribution in [-0.2, 0) is 22.7 Å². The number of aromatic nitrogens is 2. The summed E-state index contributed by atoms with van der Waals surface area (Å²) in [6, 6.07) is 21.2. The van der Waals surface area contributed by atoms with E-state index in [0.717, 1.165) is 5.56 Å². The van der Waals surface area contributed by atoms with Gasteiger partial charge in [-0.05, 0) is 47.9 Å². The number of carbonyl (C=O) groups is 2. The van der Waals surface area contributed by atoms with Gasteiger partial charge in [0.25, 0.3) is 11.7 Å². The predicted octanol–water partition coefficient (Wildman–Crippen LogP) is 4.99. The molecular weight excluding hydrogens is 522 g/mol. The number of benzene rings is 3. The number of amides is 1. The molecule has 1 amide bonds. The minimum absolute atomic E-state index is 0.0165. The molecule has 9 heteroatoms. The summed E-state index contributed by atoms with van der Waals surface area (Å²) in [5, 5.41) is 11.4. The molecule has 1 aliphatic rings. The Morgan fingerprint density at radius 1 is 0.927 bits per heavy atom. The van der Waals surface area contributed by atoms with Crippen LogP contribution in [0.3, 0.4) is 0 Å². The van der Waals surface area contributed by atoms with Crippen LogP contribution in [0.1, 0.15) is 29.2 Å². The molecule has 1 N–H and O–H groups in total. The van der Waals surface area contributed by atoms with Crippen molar-refractivity contribution in [1.82, 2.24) is 14.5 Å². The van der Waals surface area contributed by atoms with E-state index in [2.05, 4.69) is 4.98 Å². The van der Waals surface area contributed by atoms with Gasteiger partial charge in [-0.1, -0.05) is 42.5 Å². The summed E-state index contributed by atoms with van der Waals surface area (Å²) < 4.78 is 18.5. The molecule has 1 unspecified atom stereocenters. The van der Waals surface area contributed by atoms with Crippen molar-refractivity contribution >= 4 is 17.4 Å². The first kappa shape index (κ1) is 27.5. The van der Waals surface area contributed by atoms with E-state index in [4.69, 9.17) is 14.2 Å². The van der Waals surface area contributed by atoms with E-state index in [0.29, 0.717) is 54.5 Å². The van der Waals surface area contributed by atoms with Crippen LogP contribution in [0.25, 0.3) is 5.76 Å². The summed E-state index contributed by atoms with van der Waals surface area (Å²) in [4.78, 5) is 32.3. The predicted molar refractivity (Wildman–Crippen MR) is 153 cm³/mol. The molecule has 1 fully saturated rings. The second kappa shape index (κ2) is 12.4. The van der Waals surface area contributed by atoms with Crippen molar-refractivity contribution in [2.24, 2.45) is 0 Å². The number of aliphatic hydroxyl groups is 1. The van der Waals surface area contributed by atoms with Crippen LogP contribution in [0, 0.1) is 0 Å². The molecule has 0 aliphatic carbocycles. The third-order valence-electron chi connectivity index (χ3n) is 7.02. The maximum absolute atomic E-state index is 13.4. The van der Waals surface area contributed by atoms with Gasteiger partial charge in [-0.2, -0.15) is 0 Å². The molecule has 0 spiro atoms. The Kier molecular flexibility index (Phi) is 8.34. The molecule has 4 aromatic rings. The normalized spacial score (nSPS) is 16.1. The molecule has 210 valence electrons. The first-order valence-electron chi connectivity index (χ1n) is 13.2. The Labute approximate surface area is 238 Å². The second-order valence-corrected chi connectivity index (χ2v) is 9.56. The lowest BCUT2D eigenvalue weighted by Gasteiger charge is -2.25. The average molecular weight is 554 g/mol. The highest BCUT2D eigenvalue weighted by Crippen LogP contribution is 2.41. The van der Waals surface area contributed by atoms with Gasteiger partial charge in [-0.15, -0.1) is 0 Å². The summed E-state index contributed by atoms with van der Waals surface area (Å²) in [7, 11) is 3.00. The monoisotopic (exact) mass is 553 g/mol. The first-order chi connectivity index (χ1) is 20.0. The summed E-state index contributed by atoms with van der Waals surface area (Å²) in [5.74, 6) is -0.166. The number of imidazole rings is 1. The maximum atomic E-state index is 13.4. The Hall–Kier alpha value is -5.05. The zero-order valence-electron chi connectivity index (χ0n) is 22.9. The maximum Gasteiger partial charge on any atom is 0.295 e. The number of methoxy groups -OCH3 is 2. The van der Waals surface area contributed by atoms with E-state index in [1.807, 2.05) is 53.2 Å². The van der Waals surface area contributed by atoms with Crippen LogP contribution in [0.4, 0.5) is 0 Å². The van der Waals surface area contributed by atoms with Crippen molar-refractivity contribution in [3.63, 3.8) is 0 Å². The topological polar surface area (TPSA) is 103 Å². The summed E-state index contributed by atoms with van der Waals surface area (Å²) in [6.07, 6.45) is 5.83. The highest BCUT2D eigenvalue weighted by molar-refractivity contribution is 6.46. The standard InChI is InChI=1S/C32H31N3O6/c1-39-26-14-11-24(19-27(26)40-2)30(36)28-29(35(32(38)31(28)37)17-6-16-34-18-15-33-21-34)23-9-12-25(13-10-23)41-20-22-7-4-3-5-8-22/h3-5,7-15,18-19,21,29,36H,6,16-17,20H2,1-2H3/b30-28-. The largest absolute Gasteiger partial charge is 0.507 e. The van der Waals surface area contributed by atoms with E-state index >= 15 is 0 Å². The van der Waals surface area contributed by atoms with Crippen LogP contribution < -0.4 is 14.2 Å². The number of nitrogens with zero attached hydrogens (tertiary/aromatic N) is 3. The Bertz CT molecular complexity index is 1530. The lowest BCUT2D eigenvalue weighted by molar-refractivity contribution is -0.139. The zero-order valence-corrected chi connectivity index (χ0v) is 22.9. The molecule has 1 aliphatic heterocycles. The van der Waals surface area contributed by atoms with Crippen molar-refractivity contribution in [2.75, 3.05) is 20.8 Å². The third kappa shape index (κ3) is 5.94. The summed E-state index contributed by atoms with van der Waals surface area (Å²) in [6.45, 7) is 1.34. The van der Waals surface area contributed by atoms with Crippen molar-refractivity contribution in [3.05, 3.63) is 114 Å². The smallest absolute Gasteiger partial charge is 0.295 e. The molecule has 0 radical (unpaired) electrons. The lowest BCUT2D eigenvalue weighted by atomic mass is 9.95. The van der Waals surface area contributed by atoms with Crippen LogP contribution in [0.2, 0.25) is 0 Å². The molecule has 0 saturated carbocycles. The molecular formula is C32H31N3O6. The van der Waals surface area contributed by atoms with E-state index in [-0.39, 0.29) is 11.3 Å². The molecule has 1 aromatic heterocycles. The lowest BCUT2D eigenvalue weighted by Crippen LogP contribution is -2.31. The van der Waals surface area contributed by atoms with Gasteiger partial charge in [0, 0.05) is 31.0 Å². The Morgan fingerprint density at radius 2 is 1.68 bits per heavy atom. The summed E-state index contributed by atoms with van der Waals surface area (Å²) >= 11 is 0. The summed E-state index contributed by atoms with van der Waals surface area (Å²) in [5.41, 5.74) is 2.08. The van der Waals surface area contributed by atoms with E-state index in [1.165, 1.54) is 19.1 Å². The van der Waals surface area contributed by atoms with Gasteiger partial charge >= 0.3 is 0 Å². The van der Waals surface area contributed by atoms with E-state index in [1.54, 1.807) is 42.9 Å². The van der Waals surface area contributed by atoms with Crippen LogP contribution in [0.5, 0.6) is 17.2 Å². The number of likely N-dealkylation sites (tertiary alicyclic amines) is 1. The van der Waals surface area contributed by atoms with Crippen LogP contribution >= 0.6 is 0 Å². The van der Waals surface area contributed by atoms with Gasteiger partial charge < -0.3 is 28.8 Å². The number of carbonyl (C=O) groups excluding carboxylic acids is 2. The van der Waals surface area contributed by atoms with Gasteiger partial charge in [-0.25, -0.2) is 4.98 Å². The number of Topliss-reactive ketones (excluding diaryl/α,β-unsaturated/α-hetero) is 1. The number of aliphatic hydroxyl groups excluding tert-OH is 1. The minimum atomic E-state index is -0.783. The molecule has 0 bridgehead atoms. The zero-order chi connectivity index (χ0) is 28.8. The van der Waals surface area contributed by atoms with Crippen LogP contribution in [0.15, 0.2) is 97.1 Å². The number of rotatable bonds is 11. The molecule has 1 atom stereocenters. The average Bonchev–Trinajstić information content (AvgIpc) is 3.62. The fraction of sp³-hybridized carbons (Fsp3) is 0.219. The van der Waals surface area contributed by atoms with E-state index in [9.17, 15) is 14.7 Å². The molecule has 9 nitrogen and oxygen atoms in total. The quantitative estimate of drug-likeness (QED) is 0.159. The fourth-order valence-corrected chi connectivity index (χ4v) is 4.93. The molecule has 3 aromatic carbocycles. The SMILES string of the molecule is COc1ccc(/C(O)=C2/C(=O)C(=O)N(CCCn3ccnc3)C2c2ccc(OCc3ccccc3)cc2)cc1OC. The number of ether oxygens (including phenoxy) is 3. The van der Waals surface area contributed by atoms with E-state index < -0.39 is 17.7 Å². The van der Waals surface area contributed by atoms with Crippen molar-refractivity contribution in [3.8, 4) is 17.2 Å². The Morgan fingerprint density at radius 3 is 2.37 bits per heavy atom. The Balaban J connectivity index is 1.47. The van der Waals surface area contributed by atoms with Gasteiger partial charge in [0.1, 0.15) is 18.1 Å². The third-order valence-corrected chi connectivity index (χ3v) is 7.02. The highest BCUT2D eigenvalue weighted by atomic mass is 16.5. The highest BCUT2D eigenvalue weighted by Gasteiger charge is 2.45. The van der Waals surface area contributed by atoms with Crippen molar-refractivity contribution in [2.45, 2.75) is 25.6 Å². The molecule has 2 heterocycles. The first-order valence-corrected chi connectivity index (χ1v) is 13.2. The minimum Gasteiger partial charge on any atom is -0.507 e. The number of aryl methyl sites for hydroxylation is 1. The fourth-order valence-electron chi connectivity index (χ4n) is 4.93. The number of ketones is 1. The molecule has 1 saturated heterocycles. The van der Waals surface area contributed by atoms with Gasteiger partial charge in [0.15, 0.2) is 11.5 Å². The van der Waals surface area contributed by atoms with Crippen LogP contribution in [-0.4, -0.2) is 52.0 Å². The molecule has 41 heavy (non-hydrogen) atoms. The van der Waals surface area contributed by atoms with Gasteiger partial charge in [0.05, 0.1) is 32.2 Å². The van der Waals surface area contributed by atoms with Gasteiger partial charge in [0.2, 0.25) is 0 Å². The number of hydrogen-bond acceptors (Lipinski definition) is 7. The number of hydrogen-bond donors (Lipinski definition) is 1. The van der Waals surface area contributed by atoms with Crippen molar-refractivity contribution < 1.29 is 28.9 Å².